The van der Waals surface area contributed by atoms with Crippen molar-refractivity contribution in [2.24, 2.45) is 0 Å². The van der Waals surface area contributed by atoms with Crippen LogP contribution in [-0.4, -0.2) is 26.2 Å². The van der Waals surface area contributed by atoms with E-state index in [4.69, 9.17) is 0 Å². The molecule has 0 fully saturated rings. The molecule has 34 heavy (non-hydrogen) atoms. The van der Waals surface area contributed by atoms with E-state index < -0.39 is 28.7 Å². The number of hydrogen-bond acceptors (Lipinski definition) is 3. The van der Waals surface area contributed by atoms with Crippen LogP contribution >= 0.6 is 0 Å². The van der Waals surface area contributed by atoms with Crippen molar-refractivity contribution >= 4 is 15.7 Å². The Morgan fingerprint density at radius 3 is 2.15 bits per heavy atom. The molecule has 0 amide bonds. The number of fused-ring (bicyclic) bond motifs is 1. The second-order valence-corrected chi connectivity index (χ2v) is 10.7. The minimum Gasteiger partial charge on any atom is -0.273 e. The Balaban J connectivity index is 1.87. The highest BCUT2D eigenvalue weighted by molar-refractivity contribution is 7.92. The molecule has 0 bridgehead atoms. The first-order valence-corrected chi connectivity index (χ1v) is 12.4. The van der Waals surface area contributed by atoms with Crippen LogP contribution in [0.2, 0.25) is 0 Å². The fraction of sp³-hybridized carbons (Fsp3) is 0.308. The molecule has 4 rings (SSSR count). The van der Waals surface area contributed by atoms with Gasteiger partial charge in [0.15, 0.2) is 0 Å². The highest BCUT2D eigenvalue weighted by Crippen LogP contribution is 2.45. The number of halogens is 3. The number of sulfonamides is 1. The molecule has 0 aliphatic carbocycles. The minimum atomic E-state index is -4.41. The summed E-state index contributed by atoms with van der Waals surface area (Å²) in [7, 11) is -4.00. The molecule has 1 aliphatic rings. The van der Waals surface area contributed by atoms with Gasteiger partial charge in [0.1, 0.15) is 0 Å². The smallest absolute Gasteiger partial charge is 0.273 e. The lowest BCUT2D eigenvalue weighted by molar-refractivity contribution is -0.149. The molecule has 3 aromatic rings. The number of nitrogens with zero attached hydrogens (tertiary/aromatic N) is 2. The van der Waals surface area contributed by atoms with Gasteiger partial charge in [0.25, 0.3) is 10.0 Å². The standard InChI is InChI=1S/C26H27F3N2O2S/c1-18-9-11-22(12-10-18)34(32,33)31-17-30(16-21-7-5-4-6-8-21)25(15-26(27,28)29)23-13-19(2)20(3)14-24(23)31/h4-14,25H,15-17H2,1-3H3/t25-/m1/s1. The molecular formula is C26H27F3N2O2S. The molecule has 4 nitrogen and oxygen atoms in total. The Hall–Kier alpha value is -2.84. The van der Waals surface area contributed by atoms with Crippen molar-refractivity contribution in [2.75, 3.05) is 11.0 Å². The summed E-state index contributed by atoms with van der Waals surface area (Å²) in [5.41, 5.74) is 4.06. The van der Waals surface area contributed by atoms with Crippen LogP contribution in [0.25, 0.3) is 0 Å². The van der Waals surface area contributed by atoms with Crippen LogP contribution in [0, 0.1) is 20.8 Å². The first kappa shape index (κ1) is 24.3. The van der Waals surface area contributed by atoms with Crippen LogP contribution in [0.15, 0.2) is 71.6 Å². The van der Waals surface area contributed by atoms with Crippen molar-refractivity contribution in [3.05, 3.63) is 94.5 Å². The molecule has 1 aliphatic heterocycles. The summed E-state index contributed by atoms with van der Waals surface area (Å²) in [5.74, 6) is 0. The normalized spacial score (nSPS) is 17.0. The highest BCUT2D eigenvalue weighted by Gasteiger charge is 2.43. The predicted molar refractivity (Wildman–Crippen MR) is 127 cm³/mol. The molecule has 8 heteroatoms. The zero-order valence-corrected chi connectivity index (χ0v) is 20.1. The highest BCUT2D eigenvalue weighted by atomic mass is 32.2. The zero-order valence-electron chi connectivity index (χ0n) is 19.3. The van der Waals surface area contributed by atoms with Crippen LogP contribution in [0.5, 0.6) is 0 Å². The lowest BCUT2D eigenvalue weighted by atomic mass is 9.93. The SMILES string of the molecule is Cc1ccc(S(=O)(=O)N2CN(Cc3ccccc3)[C@H](CC(F)(F)F)c3cc(C)c(C)cc32)cc1. The van der Waals surface area contributed by atoms with Crippen LogP contribution < -0.4 is 4.31 Å². The summed E-state index contributed by atoms with van der Waals surface area (Å²) in [6.07, 6.45) is -5.47. The molecule has 1 atom stereocenters. The predicted octanol–water partition coefficient (Wildman–Crippen LogP) is 6.27. The van der Waals surface area contributed by atoms with Crippen LogP contribution in [-0.2, 0) is 16.6 Å². The summed E-state index contributed by atoms with van der Waals surface area (Å²) in [6, 6.07) is 18.0. The summed E-state index contributed by atoms with van der Waals surface area (Å²) in [5, 5.41) is 0. The Bertz CT molecular complexity index is 1270. The summed E-state index contributed by atoms with van der Waals surface area (Å²) >= 11 is 0. The van der Waals surface area contributed by atoms with Gasteiger partial charge >= 0.3 is 6.18 Å². The van der Waals surface area contributed by atoms with Gasteiger partial charge in [-0.1, -0.05) is 54.1 Å². The van der Waals surface area contributed by atoms with E-state index in [1.807, 2.05) is 51.1 Å². The average molecular weight is 489 g/mol. The van der Waals surface area contributed by atoms with Gasteiger partial charge in [-0.3, -0.25) is 9.21 Å². The number of hydrogen-bond donors (Lipinski definition) is 0. The number of anilines is 1. The van der Waals surface area contributed by atoms with E-state index in [-0.39, 0.29) is 18.1 Å². The molecule has 0 saturated heterocycles. The lowest BCUT2D eigenvalue weighted by Gasteiger charge is -2.43. The quantitative estimate of drug-likeness (QED) is 0.425. The van der Waals surface area contributed by atoms with Crippen LogP contribution in [0.1, 0.15) is 40.3 Å². The third kappa shape index (κ3) is 4.98. The first-order chi connectivity index (χ1) is 16.0. The maximum atomic E-state index is 13.7. The van der Waals surface area contributed by atoms with E-state index in [1.54, 1.807) is 29.2 Å². The molecule has 0 N–H and O–H groups in total. The van der Waals surface area contributed by atoms with Gasteiger partial charge in [0.05, 0.1) is 23.7 Å². The largest absolute Gasteiger partial charge is 0.390 e. The van der Waals surface area contributed by atoms with Crippen molar-refractivity contribution in [3.8, 4) is 0 Å². The van der Waals surface area contributed by atoms with Gasteiger partial charge in [-0.05, 0) is 61.2 Å². The number of benzene rings is 3. The Morgan fingerprint density at radius 1 is 0.912 bits per heavy atom. The molecule has 0 spiro atoms. The summed E-state index contributed by atoms with van der Waals surface area (Å²) in [4.78, 5) is 1.71. The van der Waals surface area contributed by atoms with Crippen molar-refractivity contribution in [1.82, 2.24) is 4.90 Å². The molecule has 0 radical (unpaired) electrons. The fourth-order valence-corrected chi connectivity index (χ4v) is 5.77. The average Bonchev–Trinajstić information content (AvgIpc) is 2.76. The Labute approximate surface area is 198 Å². The van der Waals surface area contributed by atoms with Crippen LogP contribution in [0.4, 0.5) is 18.9 Å². The zero-order chi connectivity index (χ0) is 24.7. The van der Waals surface area contributed by atoms with E-state index in [0.29, 0.717) is 11.3 Å². The topological polar surface area (TPSA) is 40.6 Å². The minimum absolute atomic E-state index is 0.108. The van der Waals surface area contributed by atoms with Crippen molar-refractivity contribution in [1.29, 1.82) is 0 Å². The number of aryl methyl sites for hydroxylation is 3. The van der Waals surface area contributed by atoms with Crippen molar-refractivity contribution in [3.63, 3.8) is 0 Å². The van der Waals surface area contributed by atoms with Crippen molar-refractivity contribution in [2.45, 2.75) is 50.9 Å². The fourth-order valence-electron chi connectivity index (χ4n) is 4.32. The molecule has 180 valence electrons. The maximum absolute atomic E-state index is 13.7. The molecule has 0 unspecified atom stereocenters. The van der Waals surface area contributed by atoms with Gasteiger partial charge in [0, 0.05) is 12.6 Å². The van der Waals surface area contributed by atoms with Gasteiger partial charge in [-0.15, -0.1) is 0 Å². The molecule has 1 heterocycles. The Kier molecular flexibility index (Phi) is 6.48. The third-order valence-electron chi connectivity index (χ3n) is 6.28. The van der Waals surface area contributed by atoms with Crippen molar-refractivity contribution < 1.29 is 21.6 Å². The third-order valence-corrected chi connectivity index (χ3v) is 8.04. The van der Waals surface area contributed by atoms with Gasteiger partial charge in [-0.25, -0.2) is 8.42 Å². The maximum Gasteiger partial charge on any atom is 0.390 e. The molecule has 3 aromatic carbocycles. The molecule has 0 aromatic heterocycles. The Morgan fingerprint density at radius 2 is 1.53 bits per heavy atom. The second kappa shape index (κ2) is 9.07. The number of rotatable bonds is 5. The summed E-state index contributed by atoms with van der Waals surface area (Å²) in [6.45, 7) is 5.54. The molecule has 0 saturated carbocycles. The van der Waals surface area contributed by atoms with Gasteiger partial charge in [-0.2, -0.15) is 13.2 Å². The van der Waals surface area contributed by atoms with E-state index >= 15 is 0 Å². The lowest BCUT2D eigenvalue weighted by Crippen LogP contribution is -2.48. The van der Waals surface area contributed by atoms with Crippen LogP contribution in [0.3, 0.4) is 0 Å². The van der Waals surface area contributed by atoms with E-state index in [2.05, 4.69) is 0 Å². The van der Waals surface area contributed by atoms with E-state index in [9.17, 15) is 21.6 Å². The van der Waals surface area contributed by atoms with E-state index in [1.165, 1.54) is 16.4 Å². The summed E-state index contributed by atoms with van der Waals surface area (Å²) < 4.78 is 69.8. The second-order valence-electron chi connectivity index (χ2n) is 8.87. The first-order valence-electron chi connectivity index (χ1n) is 11.0. The van der Waals surface area contributed by atoms with Gasteiger partial charge < -0.3 is 0 Å². The molecular weight excluding hydrogens is 461 g/mol. The van der Waals surface area contributed by atoms with Gasteiger partial charge in [0.2, 0.25) is 0 Å². The number of alkyl halides is 3. The monoisotopic (exact) mass is 488 g/mol. The van der Waals surface area contributed by atoms with E-state index in [0.717, 1.165) is 22.3 Å².